The Morgan fingerprint density at radius 1 is 1.24 bits per heavy atom. The Hall–Kier alpha value is -1.10. The molecule has 0 spiro atoms. The number of nitrogens with zero attached hydrogens (tertiary/aromatic N) is 1. The van der Waals surface area contributed by atoms with Gasteiger partial charge in [-0.1, -0.05) is 25.7 Å². The molecule has 1 amide bonds. The third kappa shape index (κ3) is 2.44. The van der Waals surface area contributed by atoms with Crippen LogP contribution in [-0.2, 0) is 9.59 Å². The van der Waals surface area contributed by atoms with Crippen LogP contribution in [0.1, 0.15) is 38.5 Å². The average Bonchev–Trinajstić information content (AvgIpc) is 2.55. The molecule has 1 saturated heterocycles. The summed E-state index contributed by atoms with van der Waals surface area (Å²) in [6.45, 7) is 1.44. The van der Waals surface area contributed by atoms with Gasteiger partial charge in [0.2, 0.25) is 5.91 Å². The maximum atomic E-state index is 11.7. The van der Waals surface area contributed by atoms with Gasteiger partial charge in [0.25, 0.3) is 0 Å². The van der Waals surface area contributed by atoms with E-state index in [1.165, 1.54) is 0 Å². The number of amides is 1. The Kier molecular flexibility index (Phi) is 3.66. The van der Waals surface area contributed by atoms with Crippen LogP contribution >= 0.6 is 0 Å². The second-order valence-corrected chi connectivity index (χ2v) is 5.02. The molecule has 0 aromatic carbocycles. The maximum Gasteiger partial charge on any atom is 0.324 e. The molecule has 5 heteroatoms. The van der Waals surface area contributed by atoms with Crippen molar-refractivity contribution in [1.82, 2.24) is 10.2 Å². The number of aliphatic carboxylic acids is 1. The molecule has 1 aliphatic carbocycles. The van der Waals surface area contributed by atoms with Gasteiger partial charge in [-0.05, 0) is 12.8 Å². The number of hydrogen-bond acceptors (Lipinski definition) is 3. The van der Waals surface area contributed by atoms with Crippen LogP contribution in [0, 0.1) is 0 Å². The molecular weight excluding hydrogens is 220 g/mol. The molecule has 0 unspecified atom stereocenters. The van der Waals surface area contributed by atoms with E-state index in [1.807, 2.05) is 4.90 Å². The van der Waals surface area contributed by atoms with E-state index in [-0.39, 0.29) is 12.5 Å². The lowest BCUT2D eigenvalue weighted by Gasteiger charge is -2.41. The highest BCUT2D eigenvalue weighted by Gasteiger charge is 2.45. The SMILES string of the molecule is O=C1CN(C2(C(=O)O)CCCCCC2)CCN1. The van der Waals surface area contributed by atoms with Crippen LogP contribution in [0.5, 0.6) is 0 Å². The van der Waals surface area contributed by atoms with Crippen LogP contribution in [0.3, 0.4) is 0 Å². The fourth-order valence-electron chi connectivity index (χ4n) is 2.98. The molecule has 0 aromatic rings. The highest BCUT2D eigenvalue weighted by molar-refractivity contribution is 5.83. The molecule has 0 aromatic heterocycles. The van der Waals surface area contributed by atoms with E-state index in [9.17, 15) is 14.7 Å². The Morgan fingerprint density at radius 2 is 1.88 bits per heavy atom. The quantitative estimate of drug-likeness (QED) is 0.693. The standard InChI is InChI=1S/C12H20N2O3/c15-10-9-14(8-7-13-10)12(11(16)17)5-3-1-2-4-6-12/h1-9H2,(H,13,15)(H,16,17). The van der Waals surface area contributed by atoms with Gasteiger partial charge in [0.05, 0.1) is 6.54 Å². The molecule has 1 saturated carbocycles. The summed E-state index contributed by atoms with van der Waals surface area (Å²) in [5.41, 5.74) is -0.797. The van der Waals surface area contributed by atoms with Gasteiger partial charge in [-0.15, -0.1) is 0 Å². The average molecular weight is 240 g/mol. The second kappa shape index (κ2) is 5.04. The Balaban J connectivity index is 2.19. The first-order valence-electron chi connectivity index (χ1n) is 6.40. The first-order chi connectivity index (χ1) is 8.15. The molecule has 96 valence electrons. The number of hydrogen-bond donors (Lipinski definition) is 2. The van der Waals surface area contributed by atoms with Crippen molar-refractivity contribution in [2.24, 2.45) is 0 Å². The Labute approximate surface area is 101 Å². The molecule has 2 rings (SSSR count). The summed E-state index contributed by atoms with van der Waals surface area (Å²) >= 11 is 0. The van der Waals surface area contributed by atoms with E-state index in [0.29, 0.717) is 25.9 Å². The lowest BCUT2D eigenvalue weighted by molar-refractivity contribution is -0.155. The van der Waals surface area contributed by atoms with Gasteiger partial charge < -0.3 is 10.4 Å². The monoisotopic (exact) mass is 240 g/mol. The normalized spacial score (nSPS) is 26.0. The predicted octanol–water partition coefficient (Wildman–Crippen LogP) is 0.596. The summed E-state index contributed by atoms with van der Waals surface area (Å²) in [5.74, 6) is -0.810. The van der Waals surface area contributed by atoms with E-state index in [0.717, 1.165) is 25.7 Å². The van der Waals surface area contributed by atoms with E-state index in [1.54, 1.807) is 0 Å². The fourth-order valence-corrected chi connectivity index (χ4v) is 2.98. The van der Waals surface area contributed by atoms with E-state index >= 15 is 0 Å². The summed E-state index contributed by atoms with van der Waals surface area (Å²) in [6.07, 6.45) is 5.46. The number of rotatable bonds is 2. The van der Waals surface area contributed by atoms with E-state index < -0.39 is 11.5 Å². The Morgan fingerprint density at radius 3 is 2.41 bits per heavy atom. The lowest BCUT2D eigenvalue weighted by atomic mass is 9.87. The summed E-state index contributed by atoms with van der Waals surface area (Å²) < 4.78 is 0. The van der Waals surface area contributed by atoms with Gasteiger partial charge in [-0.3, -0.25) is 14.5 Å². The highest BCUT2D eigenvalue weighted by atomic mass is 16.4. The molecule has 1 heterocycles. The molecule has 2 N–H and O–H groups in total. The number of nitrogens with one attached hydrogen (secondary N) is 1. The zero-order chi connectivity index (χ0) is 12.3. The molecule has 5 nitrogen and oxygen atoms in total. The van der Waals surface area contributed by atoms with Gasteiger partial charge in [-0.2, -0.15) is 0 Å². The van der Waals surface area contributed by atoms with Crippen molar-refractivity contribution >= 4 is 11.9 Å². The van der Waals surface area contributed by atoms with Crippen molar-refractivity contribution in [2.45, 2.75) is 44.1 Å². The number of piperazine rings is 1. The summed E-state index contributed by atoms with van der Waals surface area (Å²) in [7, 11) is 0. The minimum Gasteiger partial charge on any atom is -0.480 e. The van der Waals surface area contributed by atoms with Gasteiger partial charge >= 0.3 is 5.97 Å². The fraction of sp³-hybridized carbons (Fsp3) is 0.833. The number of carbonyl (C=O) groups is 2. The molecular formula is C12H20N2O3. The number of carboxylic acid groups (broad SMARTS) is 1. The van der Waals surface area contributed by atoms with Gasteiger partial charge in [-0.25, -0.2) is 0 Å². The van der Waals surface area contributed by atoms with Crippen LogP contribution in [0.15, 0.2) is 0 Å². The maximum absolute atomic E-state index is 11.7. The third-order valence-corrected chi connectivity index (χ3v) is 3.97. The van der Waals surface area contributed by atoms with Crippen molar-refractivity contribution in [3.63, 3.8) is 0 Å². The number of carboxylic acids is 1. The topological polar surface area (TPSA) is 69.6 Å². The van der Waals surface area contributed by atoms with Gasteiger partial charge in [0.1, 0.15) is 5.54 Å². The third-order valence-electron chi connectivity index (χ3n) is 3.97. The molecule has 1 aliphatic heterocycles. The smallest absolute Gasteiger partial charge is 0.324 e. The van der Waals surface area contributed by atoms with Crippen molar-refractivity contribution in [2.75, 3.05) is 19.6 Å². The molecule has 0 atom stereocenters. The lowest BCUT2D eigenvalue weighted by Crippen LogP contribution is -2.61. The molecule has 2 aliphatic rings. The van der Waals surface area contributed by atoms with Gasteiger partial charge in [0, 0.05) is 13.1 Å². The minimum atomic E-state index is -0.797. The number of carbonyl (C=O) groups excluding carboxylic acids is 1. The van der Waals surface area contributed by atoms with Crippen molar-refractivity contribution in [3.8, 4) is 0 Å². The molecule has 0 radical (unpaired) electrons. The van der Waals surface area contributed by atoms with E-state index in [4.69, 9.17) is 0 Å². The molecule has 2 fully saturated rings. The zero-order valence-corrected chi connectivity index (χ0v) is 10.1. The van der Waals surface area contributed by atoms with Crippen LogP contribution in [-0.4, -0.2) is 47.1 Å². The summed E-state index contributed by atoms with van der Waals surface area (Å²) in [6, 6.07) is 0. The highest BCUT2D eigenvalue weighted by Crippen LogP contribution is 2.33. The van der Waals surface area contributed by atoms with Crippen molar-refractivity contribution in [1.29, 1.82) is 0 Å². The van der Waals surface area contributed by atoms with Gasteiger partial charge in [0.15, 0.2) is 0 Å². The summed E-state index contributed by atoms with van der Waals surface area (Å²) in [5, 5.41) is 12.3. The largest absolute Gasteiger partial charge is 0.480 e. The Bertz CT molecular complexity index is 309. The van der Waals surface area contributed by atoms with Crippen LogP contribution in [0.25, 0.3) is 0 Å². The predicted molar refractivity (Wildman–Crippen MR) is 62.7 cm³/mol. The van der Waals surface area contributed by atoms with E-state index in [2.05, 4.69) is 5.32 Å². The van der Waals surface area contributed by atoms with Crippen LogP contribution in [0.4, 0.5) is 0 Å². The molecule has 0 bridgehead atoms. The van der Waals surface area contributed by atoms with Crippen LogP contribution < -0.4 is 5.32 Å². The first-order valence-corrected chi connectivity index (χ1v) is 6.40. The minimum absolute atomic E-state index is 0.0545. The van der Waals surface area contributed by atoms with Crippen molar-refractivity contribution in [3.05, 3.63) is 0 Å². The second-order valence-electron chi connectivity index (χ2n) is 5.02. The summed E-state index contributed by atoms with van der Waals surface area (Å²) in [4.78, 5) is 25.0. The van der Waals surface area contributed by atoms with Crippen LogP contribution in [0.2, 0.25) is 0 Å². The zero-order valence-electron chi connectivity index (χ0n) is 10.1. The molecule has 17 heavy (non-hydrogen) atoms. The van der Waals surface area contributed by atoms with Crippen molar-refractivity contribution < 1.29 is 14.7 Å². The first kappa shape index (κ1) is 12.4.